The second kappa shape index (κ2) is 7.82. The highest BCUT2D eigenvalue weighted by Gasteiger charge is 2.29. The number of hydrogen-bond donors (Lipinski definition) is 2. The molecule has 4 heteroatoms. The third-order valence-corrected chi connectivity index (χ3v) is 5.53. The van der Waals surface area contributed by atoms with Crippen LogP contribution in [0.25, 0.3) is 0 Å². The van der Waals surface area contributed by atoms with Crippen molar-refractivity contribution in [2.24, 2.45) is 11.8 Å². The molecule has 1 aliphatic carbocycles. The van der Waals surface area contributed by atoms with Gasteiger partial charge in [0.25, 0.3) is 0 Å². The van der Waals surface area contributed by atoms with Crippen molar-refractivity contribution < 1.29 is 14.7 Å². The lowest BCUT2D eigenvalue weighted by molar-refractivity contribution is -0.144. The predicted molar refractivity (Wildman–Crippen MR) is 94.7 cm³/mol. The molecule has 132 valence electrons. The molecule has 4 nitrogen and oxygen atoms in total. The molecule has 0 aromatic heterocycles. The number of carboxylic acids is 1. The van der Waals surface area contributed by atoms with E-state index in [-0.39, 0.29) is 23.2 Å². The van der Waals surface area contributed by atoms with Crippen LogP contribution < -0.4 is 5.32 Å². The highest BCUT2D eigenvalue weighted by atomic mass is 16.4. The molecule has 0 saturated heterocycles. The number of amides is 1. The molecule has 1 saturated carbocycles. The third kappa shape index (κ3) is 4.59. The van der Waals surface area contributed by atoms with Crippen LogP contribution >= 0.6 is 0 Å². The zero-order valence-corrected chi connectivity index (χ0v) is 15.0. The monoisotopic (exact) mass is 331 g/mol. The van der Waals surface area contributed by atoms with Crippen molar-refractivity contribution in [3.8, 4) is 0 Å². The third-order valence-electron chi connectivity index (χ3n) is 5.53. The van der Waals surface area contributed by atoms with Gasteiger partial charge in [0, 0.05) is 12.5 Å². The Labute approximate surface area is 144 Å². The molecule has 2 N–H and O–H groups in total. The summed E-state index contributed by atoms with van der Waals surface area (Å²) >= 11 is 0. The lowest BCUT2D eigenvalue weighted by Gasteiger charge is -2.25. The minimum Gasteiger partial charge on any atom is -0.481 e. The maximum atomic E-state index is 12.3. The van der Waals surface area contributed by atoms with Gasteiger partial charge in [0.15, 0.2) is 0 Å². The number of rotatable bonds is 6. The van der Waals surface area contributed by atoms with Crippen LogP contribution in [0.5, 0.6) is 0 Å². The standard InChI is InChI=1S/C20H29NO3/c1-4-20(2,3)17-11-5-14(6-12-17)13-21-18(22)15-7-9-16(10-8-15)19(23)24/h5-6,11-12,15-16H,4,7-10,13H2,1-3H3,(H,21,22)(H,23,24). The summed E-state index contributed by atoms with van der Waals surface area (Å²) in [5.74, 6) is -0.997. The first-order chi connectivity index (χ1) is 11.3. The normalized spacial score (nSPS) is 21.3. The number of hydrogen-bond acceptors (Lipinski definition) is 2. The summed E-state index contributed by atoms with van der Waals surface area (Å²) in [5.41, 5.74) is 2.58. The van der Waals surface area contributed by atoms with Crippen LogP contribution in [0.3, 0.4) is 0 Å². The highest BCUT2D eigenvalue weighted by Crippen LogP contribution is 2.29. The quantitative estimate of drug-likeness (QED) is 0.831. The Bertz CT molecular complexity index is 569. The molecule has 1 aromatic carbocycles. The van der Waals surface area contributed by atoms with E-state index in [1.54, 1.807) is 0 Å². The maximum Gasteiger partial charge on any atom is 0.306 e. The van der Waals surface area contributed by atoms with E-state index in [1.165, 1.54) is 5.56 Å². The second-order valence-electron chi connectivity index (χ2n) is 7.54. The summed E-state index contributed by atoms with van der Waals surface area (Å²) in [6.07, 6.45) is 3.64. The molecule has 0 atom stereocenters. The van der Waals surface area contributed by atoms with E-state index < -0.39 is 5.97 Å². The predicted octanol–water partition coefficient (Wildman–Crippen LogP) is 3.88. The summed E-state index contributed by atoms with van der Waals surface area (Å²) < 4.78 is 0. The van der Waals surface area contributed by atoms with Crippen molar-refractivity contribution in [1.82, 2.24) is 5.32 Å². The van der Waals surface area contributed by atoms with Crippen molar-refractivity contribution in [3.05, 3.63) is 35.4 Å². The van der Waals surface area contributed by atoms with Crippen LogP contribution in [0.4, 0.5) is 0 Å². The van der Waals surface area contributed by atoms with E-state index in [0.717, 1.165) is 12.0 Å². The van der Waals surface area contributed by atoms with E-state index >= 15 is 0 Å². The lowest BCUT2D eigenvalue weighted by Crippen LogP contribution is -2.34. The van der Waals surface area contributed by atoms with Gasteiger partial charge in [-0.2, -0.15) is 0 Å². The Morgan fingerprint density at radius 2 is 1.62 bits per heavy atom. The highest BCUT2D eigenvalue weighted by molar-refractivity contribution is 5.79. The first-order valence-electron chi connectivity index (χ1n) is 8.93. The van der Waals surface area contributed by atoms with Crippen LogP contribution in [0.15, 0.2) is 24.3 Å². The van der Waals surface area contributed by atoms with E-state index in [0.29, 0.717) is 32.2 Å². The number of aliphatic carboxylic acids is 1. The second-order valence-corrected chi connectivity index (χ2v) is 7.54. The topological polar surface area (TPSA) is 66.4 Å². The number of carbonyl (C=O) groups is 2. The fraction of sp³-hybridized carbons (Fsp3) is 0.600. The Balaban J connectivity index is 1.83. The van der Waals surface area contributed by atoms with E-state index in [2.05, 4.69) is 50.4 Å². The molecule has 1 amide bonds. The first-order valence-corrected chi connectivity index (χ1v) is 8.93. The molecule has 0 unspecified atom stereocenters. The average molecular weight is 331 g/mol. The van der Waals surface area contributed by atoms with Gasteiger partial charge in [0.2, 0.25) is 5.91 Å². The van der Waals surface area contributed by atoms with Gasteiger partial charge in [0.1, 0.15) is 0 Å². The molecule has 0 spiro atoms. The lowest BCUT2D eigenvalue weighted by atomic mass is 9.81. The minimum absolute atomic E-state index is 0.0427. The molecule has 2 rings (SSSR count). The van der Waals surface area contributed by atoms with E-state index in [9.17, 15) is 9.59 Å². The van der Waals surface area contributed by atoms with Crippen LogP contribution in [0.2, 0.25) is 0 Å². The maximum absolute atomic E-state index is 12.3. The Kier molecular flexibility index (Phi) is 6.03. The zero-order valence-electron chi connectivity index (χ0n) is 15.0. The van der Waals surface area contributed by atoms with Gasteiger partial charge in [-0.25, -0.2) is 0 Å². The Morgan fingerprint density at radius 1 is 1.08 bits per heavy atom. The molecule has 24 heavy (non-hydrogen) atoms. The summed E-state index contributed by atoms with van der Waals surface area (Å²) in [7, 11) is 0. The van der Waals surface area contributed by atoms with Gasteiger partial charge in [0.05, 0.1) is 5.92 Å². The molecule has 1 fully saturated rings. The first kappa shape index (κ1) is 18.5. The van der Waals surface area contributed by atoms with Crippen LogP contribution in [0.1, 0.15) is 64.0 Å². The van der Waals surface area contributed by atoms with Gasteiger partial charge in [-0.15, -0.1) is 0 Å². The molecule has 0 bridgehead atoms. The number of carboxylic acid groups (broad SMARTS) is 1. The Hall–Kier alpha value is -1.84. The number of benzene rings is 1. The molecule has 0 heterocycles. The van der Waals surface area contributed by atoms with E-state index in [1.807, 2.05) is 0 Å². The van der Waals surface area contributed by atoms with Gasteiger partial charge in [-0.3, -0.25) is 9.59 Å². The van der Waals surface area contributed by atoms with Crippen molar-refractivity contribution in [1.29, 1.82) is 0 Å². The average Bonchev–Trinajstić information content (AvgIpc) is 2.60. The minimum atomic E-state index is -0.732. The molecule has 1 aliphatic rings. The SMILES string of the molecule is CCC(C)(C)c1ccc(CNC(=O)C2CCC(C(=O)O)CC2)cc1. The smallest absolute Gasteiger partial charge is 0.306 e. The molecule has 0 aliphatic heterocycles. The van der Waals surface area contributed by atoms with Gasteiger partial charge in [-0.1, -0.05) is 45.0 Å². The van der Waals surface area contributed by atoms with Crippen LogP contribution in [-0.2, 0) is 21.5 Å². The van der Waals surface area contributed by atoms with E-state index in [4.69, 9.17) is 5.11 Å². The van der Waals surface area contributed by atoms with Crippen molar-refractivity contribution in [2.45, 2.75) is 64.8 Å². The number of nitrogens with one attached hydrogen (secondary N) is 1. The van der Waals surface area contributed by atoms with Crippen molar-refractivity contribution in [2.75, 3.05) is 0 Å². The van der Waals surface area contributed by atoms with Crippen molar-refractivity contribution in [3.63, 3.8) is 0 Å². The summed E-state index contributed by atoms with van der Waals surface area (Å²) in [5, 5.41) is 12.0. The fourth-order valence-electron chi connectivity index (χ4n) is 3.21. The fourth-order valence-corrected chi connectivity index (χ4v) is 3.21. The van der Waals surface area contributed by atoms with Crippen molar-refractivity contribution >= 4 is 11.9 Å². The Morgan fingerprint density at radius 3 is 2.12 bits per heavy atom. The van der Waals surface area contributed by atoms with Crippen LogP contribution in [-0.4, -0.2) is 17.0 Å². The largest absolute Gasteiger partial charge is 0.481 e. The van der Waals surface area contributed by atoms with Gasteiger partial charge in [-0.05, 0) is 48.6 Å². The van der Waals surface area contributed by atoms with Gasteiger partial charge >= 0.3 is 5.97 Å². The summed E-state index contributed by atoms with van der Waals surface area (Å²) in [4.78, 5) is 23.2. The molecular weight excluding hydrogens is 302 g/mol. The van der Waals surface area contributed by atoms with Crippen LogP contribution in [0, 0.1) is 11.8 Å². The molecule has 1 aromatic rings. The van der Waals surface area contributed by atoms with Gasteiger partial charge < -0.3 is 10.4 Å². The summed E-state index contributed by atoms with van der Waals surface area (Å²) in [6, 6.07) is 8.44. The molecular formula is C20H29NO3. The number of carbonyl (C=O) groups excluding carboxylic acids is 1. The zero-order chi connectivity index (χ0) is 17.7. The summed E-state index contributed by atoms with van der Waals surface area (Å²) in [6.45, 7) is 7.19. The molecule has 0 radical (unpaired) electrons.